The zero-order valence-corrected chi connectivity index (χ0v) is 21.5. The van der Waals surface area contributed by atoms with Crippen molar-refractivity contribution in [2.75, 3.05) is 24.7 Å². The molecule has 1 saturated carbocycles. The first kappa shape index (κ1) is 24.9. The maximum absolute atomic E-state index is 14.4. The van der Waals surface area contributed by atoms with E-state index in [9.17, 15) is 14.0 Å². The van der Waals surface area contributed by atoms with Crippen LogP contribution in [-0.2, 0) is 17.0 Å². The van der Waals surface area contributed by atoms with Crippen molar-refractivity contribution in [1.29, 1.82) is 0 Å². The van der Waals surface area contributed by atoms with Crippen LogP contribution in [0.15, 0.2) is 35.3 Å². The summed E-state index contributed by atoms with van der Waals surface area (Å²) in [6, 6.07) is 7.58. The Morgan fingerprint density at radius 2 is 1.97 bits per heavy atom. The fraction of sp³-hybridized carbons (Fsp3) is 0.607. The van der Waals surface area contributed by atoms with Gasteiger partial charge in [0.05, 0.1) is 12.3 Å². The molecule has 1 N–H and O–H groups in total. The van der Waals surface area contributed by atoms with E-state index < -0.39 is 5.67 Å². The Balaban J connectivity index is 1.36. The third-order valence-electron chi connectivity index (χ3n) is 8.21. The molecule has 4 atom stereocenters. The van der Waals surface area contributed by atoms with Crippen LogP contribution in [-0.4, -0.2) is 47.3 Å². The van der Waals surface area contributed by atoms with Gasteiger partial charge in [0.2, 0.25) is 0 Å². The van der Waals surface area contributed by atoms with Crippen molar-refractivity contribution in [2.45, 2.75) is 83.1 Å². The Morgan fingerprint density at radius 3 is 2.78 bits per heavy atom. The highest BCUT2D eigenvalue weighted by molar-refractivity contribution is 5.94. The van der Waals surface area contributed by atoms with Crippen LogP contribution in [0.25, 0.3) is 0 Å². The van der Waals surface area contributed by atoms with Crippen molar-refractivity contribution in [3.8, 4) is 0 Å². The highest BCUT2D eigenvalue weighted by Crippen LogP contribution is 2.39. The molecule has 0 spiro atoms. The highest BCUT2D eigenvalue weighted by atomic mass is 19.1. The molecule has 0 bridgehead atoms. The number of carbonyl (C=O) groups is 1. The van der Waals surface area contributed by atoms with Gasteiger partial charge >= 0.3 is 0 Å². The van der Waals surface area contributed by atoms with Gasteiger partial charge in [-0.15, -0.1) is 0 Å². The average molecular weight is 497 g/mol. The number of hydrogen-bond donors (Lipinski definition) is 1. The number of hydrogen-bond acceptors (Lipinski definition) is 5. The maximum atomic E-state index is 14.4. The topological polar surface area (TPSA) is 76.5 Å². The third kappa shape index (κ3) is 5.05. The number of amides is 1. The van der Waals surface area contributed by atoms with E-state index >= 15 is 0 Å². The summed E-state index contributed by atoms with van der Waals surface area (Å²) < 4.78 is 22.0. The Kier molecular flexibility index (Phi) is 6.90. The van der Waals surface area contributed by atoms with Crippen LogP contribution in [0.1, 0.15) is 80.4 Å². The van der Waals surface area contributed by atoms with E-state index in [1.54, 1.807) is 6.07 Å². The summed E-state index contributed by atoms with van der Waals surface area (Å²) in [6.07, 6.45) is 6.06. The van der Waals surface area contributed by atoms with E-state index in [0.717, 1.165) is 63.2 Å². The number of ether oxygens (including phenoxy) is 1. The summed E-state index contributed by atoms with van der Waals surface area (Å²) in [5.41, 5.74) is 0.177. The molecule has 2 aromatic rings. The van der Waals surface area contributed by atoms with Crippen molar-refractivity contribution in [2.24, 2.45) is 5.92 Å². The zero-order chi connectivity index (χ0) is 25.4. The van der Waals surface area contributed by atoms with E-state index in [1.165, 1.54) is 26.1 Å². The van der Waals surface area contributed by atoms with Crippen LogP contribution >= 0.6 is 0 Å². The smallest absolute Gasteiger partial charge is 0.252 e. The molecular formula is C28H37FN4O3. The first-order valence-electron chi connectivity index (χ1n) is 13.3. The lowest BCUT2D eigenvalue weighted by atomic mass is 9.74. The number of anilines is 1. The highest BCUT2D eigenvalue weighted by Gasteiger charge is 2.33. The second-order valence-corrected chi connectivity index (χ2v) is 11.1. The van der Waals surface area contributed by atoms with Gasteiger partial charge in [0.15, 0.2) is 0 Å². The number of aromatic nitrogens is 2. The Labute approximate surface area is 212 Å². The molecule has 8 heteroatoms. The van der Waals surface area contributed by atoms with Crippen molar-refractivity contribution < 1.29 is 13.9 Å². The summed E-state index contributed by atoms with van der Waals surface area (Å²) in [5.74, 6) is 1.39. The number of nitrogens with zero attached hydrogens (tertiary/aromatic N) is 3. The minimum Gasteiger partial charge on any atom is -0.380 e. The quantitative estimate of drug-likeness (QED) is 0.688. The van der Waals surface area contributed by atoms with Crippen molar-refractivity contribution >= 4 is 11.7 Å². The van der Waals surface area contributed by atoms with Gasteiger partial charge in [0.1, 0.15) is 11.5 Å². The molecule has 194 valence electrons. The second kappa shape index (κ2) is 9.96. The summed E-state index contributed by atoms with van der Waals surface area (Å²) in [6.45, 7) is 8.11. The molecule has 3 aliphatic rings. The molecule has 7 nitrogen and oxygen atoms in total. The molecule has 1 aliphatic carbocycles. The first-order chi connectivity index (χ1) is 17.2. The Bertz CT molecular complexity index is 1170. The molecule has 3 unspecified atom stereocenters. The minimum atomic E-state index is -1.61. The van der Waals surface area contributed by atoms with Crippen LogP contribution in [0.5, 0.6) is 0 Å². The van der Waals surface area contributed by atoms with Crippen molar-refractivity contribution in [1.82, 2.24) is 14.9 Å². The van der Waals surface area contributed by atoms with Crippen LogP contribution < -0.4 is 15.8 Å². The third-order valence-corrected chi connectivity index (χ3v) is 8.21. The second-order valence-electron chi connectivity index (χ2n) is 11.1. The summed E-state index contributed by atoms with van der Waals surface area (Å²) in [5, 5.41) is 3.17. The molecule has 2 aromatic heterocycles. The van der Waals surface area contributed by atoms with Gasteiger partial charge in [0.25, 0.3) is 11.5 Å². The Morgan fingerprint density at radius 1 is 1.14 bits per heavy atom. The largest absolute Gasteiger partial charge is 0.380 e. The number of pyridine rings is 2. The molecule has 0 aromatic carbocycles. The van der Waals surface area contributed by atoms with Gasteiger partial charge in [-0.05, 0) is 81.5 Å². The molecule has 0 radical (unpaired) electrons. The normalized spacial score (nSPS) is 26.5. The predicted octanol–water partition coefficient (Wildman–Crippen LogP) is 4.15. The minimum absolute atomic E-state index is 0.00757. The number of fused-ring (bicyclic) bond motifs is 3. The molecule has 5 rings (SSSR count). The van der Waals surface area contributed by atoms with Crippen molar-refractivity contribution in [3.63, 3.8) is 0 Å². The lowest BCUT2D eigenvalue weighted by Gasteiger charge is -2.39. The molecule has 2 aliphatic heterocycles. The van der Waals surface area contributed by atoms with Crippen LogP contribution in [0.4, 0.5) is 10.2 Å². The molecule has 4 heterocycles. The van der Waals surface area contributed by atoms with Crippen LogP contribution in [0.2, 0.25) is 0 Å². The molecular weight excluding hydrogens is 459 g/mol. The van der Waals surface area contributed by atoms with Crippen LogP contribution in [0.3, 0.4) is 0 Å². The van der Waals surface area contributed by atoms with Crippen LogP contribution in [0, 0.1) is 5.92 Å². The van der Waals surface area contributed by atoms with E-state index in [-0.39, 0.29) is 29.1 Å². The number of alkyl halides is 1. The van der Waals surface area contributed by atoms with Gasteiger partial charge in [0, 0.05) is 49.6 Å². The summed E-state index contributed by atoms with van der Waals surface area (Å²) in [7, 11) is 0. The SMILES string of the molecule is CC1CCC(NC(=O)c2ccnc(C(C)(C)F)c2)CC1c1cc2n(c(=O)c1)CC[C@@H]1CCOCCN21. The van der Waals surface area contributed by atoms with E-state index in [0.29, 0.717) is 24.1 Å². The number of halogens is 1. The van der Waals surface area contributed by atoms with Gasteiger partial charge in [-0.2, -0.15) is 0 Å². The molecule has 2 fully saturated rings. The zero-order valence-electron chi connectivity index (χ0n) is 21.5. The summed E-state index contributed by atoms with van der Waals surface area (Å²) in [4.78, 5) is 32.6. The maximum Gasteiger partial charge on any atom is 0.252 e. The monoisotopic (exact) mass is 496 g/mol. The van der Waals surface area contributed by atoms with Crippen molar-refractivity contribution in [3.05, 3.63) is 57.6 Å². The standard InChI is InChI=1S/C28H37FN4O3/c1-18-4-5-21(31-27(35)19-6-9-30-24(14-19)28(2,3)29)17-23(18)20-15-25-32-11-13-36-12-8-22(32)7-10-33(25)26(34)16-20/h6,9,14-16,18,21-23H,4-5,7-8,10-13,17H2,1-3H3,(H,31,35)/t18?,21?,22-,23?/m1/s1. The fourth-order valence-electron chi connectivity index (χ4n) is 6.06. The average Bonchev–Trinajstić information content (AvgIpc) is 3.10. The van der Waals surface area contributed by atoms with E-state index in [4.69, 9.17) is 4.74 Å². The number of carbonyl (C=O) groups excluding carboxylic acids is 1. The van der Waals surface area contributed by atoms with Gasteiger partial charge in [-0.25, -0.2) is 4.39 Å². The number of rotatable bonds is 4. The lowest BCUT2D eigenvalue weighted by Crippen LogP contribution is -2.45. The van der Waals surface area contributed by atoms with E-state index in [2.05, 4.69) is 28.2 Å². The van der Waals surface area contributed by atoms with Gasteiger partial charge < -0.3 is 15.0 Å². The summed E-state index contributed by atoms with van der Waals surface area (Å²) >= 11 is 0. The molecule has 36 heavy (non-hydrogen) atoms. The number of nitrogens with one attached hydrogen (secondary N) is 1. The Hall–Kier alpha value is -2.74. The predicted molar refractivity (Wildman–Crippen MR) is 137 cm³/mol. The van der Waals surface area contributed by atoms with Gasteiger partial charge in [-0.3, -0.25) is 19.1 Å². The van der Waals surface area contributed by atoms with E-state index in [1.807, 2.05) is 10.6 Å². The first-order valence-corrected chi connectivity index (χ1v) is 13.3. The molecule has 1 amide bonds. The molecule has 1 saturated heterocycles. The fourth-order valence-corrected chi connectivity index (χ4v) is 6.06. The lowest BCUT2D eigenvalue weighted by molar-refractivity contribution is 0.0917. The van der Waals surface area contributed by atoms with Gasteiger partial charge in [-0.1, -0.05) is 6.92 Å².